The third-order valence-electron chi connectivity index (χ3n) is 6.39. The second-order valence-corrected chi connectivity index (χ2v) is 8.60. The average Bonchev–Trinajstić information content (AvgIpc) is 3.20. The molecule has 1 aliphatic rings. The molecular weight excluding hydrogens is 386 g/mol. The van der Waals surface area contributed by atoms with Gasteiger partial charge in [0.15, 0.2) is 0 Å². The molecule has 1 aliphatic heterocycles. The molecule has 0 bridgehead atoms. The number of nitrogens with one attached hydrogen (secondary N) is 1. The van der Waals surface area contributed by atoms with Gasteiger partial charge in [-0.05, 0) is 24.7 Å². The minimum atomic E-state index is -0.432. The molecule has 1 saturated heterocycles. The van der Waals surface area contributed by atoms with Crippen molar-refractivity contribution in [1.82, 2.24) is 15.1 Å². The topological polar surface area (TPSA) is 88.2 Å². The summed E-state index contributed by atoms with van der Waals surface area (Å²) >= 11 is 0. The fourth-order valence-electron chi connectivity index (χ4n) is 4.61. The summed E-state index contributed by atoms with van der Waals surface area (Å²) < 4.78 is 11.5. The number of amides is 3. The van der Waals surface area contributed by atoms with E-state index in [9.17, 15) is 14.4 Å². The van der Waals surface area contributed by atoms with E-state index in [1.807, 2.05) is 4.90 Å². The molecule has 1 N–H and O–H groups in total. The van der Waals surface area contributed by atoms with E-state index in [0.717, 1.165) is 25.8 Å². The van der Waals surface area contributed by atoms with E-state index in [1.165, 1.54) is 0 Å². The molecule has 30 heavy (non-hydrogen) atoms. The summed E-state index contributed by atoms with van der Waals surface area (Å²) in [6.07, 6.45) is 3.02. The highest BCUT2D eigenvalue weighted by molar-refractivity contribution is 5.81. The maximum atomic E-state index is 13.3. The molecule has 174 valence electrons. The van der Waals surface area contributed by atoms with Gasteiger partial charge in [0.05, 0.1) is 37.3 Å². The molecule has 0 radical (unpaired) electrons. The zero-order valence-corrected chi connectivity index (χ0v) is 19.7. The molecule has 8 nitrogen and oxygen atoms in total. The molecule has 1 rings (SSSR count). The Morgan fingerprint density at radius 2 is 1.90 bits per heavy atom. The van der Waals surface area contributed by atoms with Gasteiger partial charge >= 0.3 is 0 Å². The molecule has 0 spiro atoms. The van der Waals surface area contributed by atoms with Gasteiger partial charge in [0, 0.05) is 27.8 Å². The SMILES string of the molecule is CC[C@H](C)C(C(CC(=O)N1CCC[C@H]1[C@H](OC)C(C)C)OC)N(C)C(=O)CNC=O. The number of hydrogen-bond acceptors (Lipinski definition) is 5. The van der Waals surface area contributed by atoms with E-state index >= 15 is 0 Å². The lowest BCUT2D eigenvalue weighted by Crippen LogP contribution is -2.53. The summed E-state index contributed by atoms with van der Waals surface area (Å²) in [5.74, 6) is 0.269. The molecule has 3 amide bonds. The summed E-state index contributed by atoms with van der Waals surface area (Å²) in [6.45, 7) is 8.97. The fraction of sp³-hybridized carbons (Fsp3) is 0.864. The summed E-state index contributed by atoms with van der Waals surface area (Å²) in [5.41, 5.74) is 0. The first-order chi connectivity index (χ1) is 14.2. The molecule has 1 fully saturated rings. The van der Waals surface area contributed by atoms with Crippen LogP contribution >= 0.6 is 0 Å². The molecule has 1 heterocycles. The van der Waals surface area contributed by atoms with Crippen molar-refractivity contribution in [3.8, 4) is 0 Å². The number of ether oxygens (including phenoxy) is 2. The molecule has 0 aliphatic carbocycles. The van der Waals surface area contributed by atoms with Crippen LogP contribution in [0.1, 0.15) is 53.4 Å². The Morgan fingerprint density at radius 1 is 1.23 bits per heavy atom. The highest BCUT2D eigenvalue weighted by Crippen LogP contribution is 2.28. The molecule has 0 aromatic rings. The van der Waals surface area contributed by atoms with Crippen LogP contribution in [-0.2, 0) is 23.9 Å². The first kappa shape index (κ1) is 26.4. The van der Waals surface area contributed by atoms with Crippen LogP contribution in [0.25, 0.3) is 0 Å². The van der Waals surface area contributed by atoms with Gasteiger partial charge in [0.1, 0.15) is 0 Å². The molecular formula is C22H41N3O5. The largest absolute Gasteiger partial charge is 0.379 e. The van der Waals surface area contributed by atoms with Crippen molar-refractivity contribution in [3.05, 3.63) is 0 Å². The Kier molecular flexibility index (Phi) is 11.3. The predicted molar refractivity (Wildman–Crippen MR) is 116 cm³/mol. The molecule has 5 atom stereocenters. The second-order valence-electron chi connectivity index (χ2n) is 8.60. The summed E-state index contributed by atoms with van der Waals surface area (Å²) in [5, 5.41) is 2.42. The van der Waals surface area contributed by atoms with Gasteiger partial charge in [-0.3, -0.25) is 14.4 Å². The molecule has 8 heteroatoms. The Morgan fingerprint density at radius 3 is 2.40 bits per heavy atom. The van der Waals surface area contributed by atoms with Gasteiger partial charge < -0.3 is 24.6 Å². The van der Waals surface area contributed by atoms with Crippen molar-refractivity contribution in [1.29, 1.82) is 0 Å². The number of nitrogens with zero attached hydrogens (tertiary/aromatic N) is 2. The van der Waals surface area contributed by atoms with Crippen LogP contribution < -0.4 is 5.32 Å². The lowest BCUT2D eigenvalue weighted by Gasteiger charge is -2.39. The van der Waals surface area contributed by atoms with Crippen molar-refractivity contribution in [3.63, 3.8) is 0 Å². The minimum absolute atomic E-state index is 0.00137. The van der Waals surface area contributed by atoms with Crippen LogP contribution in [0.3, 0.4) is 0 Å². The van der Waals surface area contributed by atoms with Crippen LogP contribution in [0, 0.1) is 11.8 Å². The van der Waals surface area contributed by atoms with Crippen molar-refractivity contribution in [2.75, 3.05) is 34.4 Å². The van der Waals surface area contributed by atoms with Gasteiger partial charge in [-0.15, -0.1) is 0 Å². The van der Waals surface area contributed by atoms with Crippen molar-refractivity contribution in [2.24, 2.45) is 11.8 Å². The Bertz CT molecular complexity index is 557. The third-order valence-corrected chi connectivity index (χ3v) is 6.39. The van der Waals surface area contributed by atoms with Gasteiger partial charge in [0.2, 0.25) is 18.2 Å². The number of hydrogen-bond donors (Lipinski definition) is 1. The van der Waals surface area contributed by atoms with Crippen molar-refractivity contribution < 1.29 is 23.9 Å². The van der Waals surface area contributed by atoms with Gasteiger partial charge in [0.25, 0.3) is 0 Å². The lowest BCUT2D eigenvalue weighted by molar-refractivity contribution is -0.144. The maximum Gasteiger partial charge on any atom is 0.242 e. The van der Waals surface area contributed by atoms with E-state index in [0.29, 0.717) is 12.3 Å². The number of likely N-dealkylation sites (N-methyl/N-ethyl adjacent to an activating group) is 1. The van der Waals surface area contributed by atoms with Crippen LogP contribution in [0.4, 0.5) is 0 Å². The van der Waals surface area contributed by atoms with Crippen molar-refractivity contribution in [2.45, 2.75) is 77.7 Å². The molecule has 0 aromatic heterocycles. The Labute approximate surface area is 181 Å². The first-order valence-corrected chi connectivity index (χ1v) is 11.0. The fourth-order valence-corrected chi connectivity index (χ4v) is 4.61. The van der Waals surface area contributed by atoms with Gasteiger partial charge in [-0.1, -0.05) is 34.1 Å². The second kappa shape index (κ2) is 12.9. The van der Waals surface area contributed by atoms with E-state index in [4.69, 9.17) is 9.47 Å². The lowest BCUT2D eigenvalue weighted by atomic mass is 9.90. The quantitative estimate of drug-likeness (QED) is 0.452. The summed E-state index contributed by atoms with van der Waals surface area (Å²) in [6, 6.07) is -0.201. The highest BCUT2D eigenvalue weighted by Gasteiger charge is 2.39. The Hall–Kier alpha value is -1.67. The molecule has 0 aromatic carbocycles. The smallest absolute Gasteiger partial charge is 0.242 e. The third kappa shape index (κ3) is 6.67. The monoisotopic (exact) mass is 427 g/mol. The number of likely N-dealkylation sites (tertiary alicyclic amines) is 1. The number of carbonyl (C=O) groups excluding carboxylic acids is 3. The summed E-state index contributed by atoms with van der Waals surface area (Å²) in [4.78, 5) is 39.9. The number of methoxy groups -OCH3 is 2. The van der Waals surface area contributed by atoms with Crippen LogP contribution in [0.5, 0.6) is 0 Å². The normalized spacial score (nSPS) is 20.5. The van der Waals surface area contributed by atoms with Crippen LogP contribution in [0.15, 0.2) is 0 Å². The number of rotatable bonds is 13. The predicted octanol–water partition coefficient (Wildman–Crippen LogP) is 1.67. The zero-order chi connectivity index (χ0) is 22.8. The van der Waals surface area contributed by atoms with Crippen LogP contribution in [0.2, 0.25) is 0 Å². The van der Waals surface area contributed by atoms with Crippen LogP contribution in [-0.4, -0.2) is 86.7 Å². The summed E-state index contributed by atoms with van der Waals surface area (Å²) in [7, 11) is 5.00. The molecule has 2 unspecified atom stereocenters. The minimum Gasteiger partial charge on any atom is -0.379 e. The molecule has 0 saturated carbocycles. The van der Waals surface area contributed by atoms with E-state index < -0.39 is 6.10 Å². The van der Waals surface area contributed by atoms with Gasteiger partial charge in [-0.2, -0.15) is 0 Å². The number of carbonyl (C=O) groups is 3. The highest BCUT2D eigenvalue weighted by atomic mass is 16.5. The maximum absolute atomic E-state index is 13.3. The average molecular weight is 428 g/mol. The Balaban J connectivity index is 2.99. The van der Waals surface area contributed by atoms with E-state index in [-0.39, 0.29) is 48.9 Å². The first-order valence-electron chi connectivity index (χ1n) is 11.0. The standard InChI is InChI=1S/C22H41N3O5/c1-8-16(4)21(24(5)20(28)13-23-14-26)18(29-6)12-19(27)25-11-9-10-17(25)22(30-7)15(2)3/h14-18,21-22H,8-13H2,1-7H3,(H,23,26)/t16-,17-,18?,21?,22+/m0/s1. The van der Waals surface area contributed by atoms with Gasteiger partial charge in [-0.25, -0.2) is 0 Å². The van der Waals surface area contributed by atoms with E-state index in [2.05, 4.69) is 33.0 Å². The van der Waals surface area contributed by atoms with Crippen molar-refractivity contribution >= 4 is 18.2 Å². The zero-order valence-electron chi connectivity index (χ0n) is 19.7. The van der Waals surface area contributed by atoms with E-state index in [1.54, 1.807) is 26.2 Å².